The molecule has 2 aliphatic rings. The maximum absolute atomic E-state index is 14.3. The molecule has 2 fully saturated rings. The van der Waals surface area contributed by atoms with E-state index in [4.69, 9.17) is 4.74 Å². The van der Waals surface area contributed by atoms with Crippen molar-refractivity contribution in [2.24, 2.45) is 5.92 Å². The lowest BCUT2D eigenvalue weighted by molar-refractivity contribution is -0.137. The summed E-state index contributed by atoms with van der Waals surface area (Å²) in [6, 6.07) is 7.95. The Labute approximate surface area is 158 Å². The number of aryl methyl sites for hydroxylation is 1. The molecule has 28 heavy (non-hydrogen) atoms. The van der Waals surface area contributed by atoms with Crippen LogP contribution < -0.4 is 5.32 Å². The Morgan fingerprint density at radius 1 is 1.25 bits per heavy atom. The number of benzene rings is 1. The van der Waals surface area contributed by atoms with Crippen LogP contribution in [-0.4, -0.2) is 29.3 Å². The van der Waals surface area contributed by atoms with Gasteiger partial charge in [-0.1, -0.05) is 6.07 Å². The zero-order valence-corrected chi connectivity index (χ0v) is 14.9. The number of ether oxygens (including phenoxy) is 1. The van der Waals surface area contributed by atoms with Gasteiger partial charge in [-0.25, -0.2) is 4.39 Å². The maximum atomic E-state index is 14.3. The van der Waals surface area contributed by atoms with E-state index >= 15 is 0 Å². The molecule has 4 rings (SSSR count). The summed E-state index contributed by atoms with van der Waals surface area (Å²) >= 11 is 0. The molecule has 3 heterocycles. The van der Waals surface area contributed by atoms with Gasteiger partial charge in [-0.3, -0.25) is 9.78 Å². The van der Waals surface area contributed by atoms with E-state index in [0.717, 1.165) is 23.4 Å². The van der Waals surface area contributed by atoms with Crippen molar-refractivity contribution in [3.8, 4) is 0 Å². The molecule has 1 aromatic carbocycles. The number of carbonyl (C=O) groups is 1. The number of nitrogens with zero attached hydrogens (tertiary/aromatic N) is 1. The highest BCUT2D eigenvalue weighted by atomic mass is 19.4. The third-order valence-corrected chi connectivity index (χ3v) is 5.35. The van der Waals surface area contributed by atoms with Crippen LogP contribution in [0.4, 0.5) is 23.2 Å². The molecule has 2 aliphatic heterocycles. The number of anilines is 1. The normalized spacial score (nSPS) is 29.1. The van der Waals surface area contributed by atoms with Crippen molar-refractivity contribution in [1.82, 2.24) is 4.98 Å². The fourth-order valence-corrected chi connectivity index (χ4v) is 4.18. The van der Waals surface area contributed by atoms with Gasteiger partial charge < -0.3 is 10.1 Å². The topological polar surface area (TPSA) is 51.2 Å². The fourth-order valence-electron chi connectivity index (χ4n) is 4.18. The first-order valence-corrected chi connectivity index (χ1v) is 8.94. The Morgan fingerprint density at radius 2 is 2.04 bits per heavy atom. The molecular formula is C20H18F4N2O2. The summed E-state index contributed by atoms with van der Waals surface area (Å²) in [5.74, 6) is -1.67. The van der Waals surface area contributed by atoms with Crippen molar-refractivity contribution in [2.75, 3.05) is 5.32 Å². The number of aromatic nitrogens is 1. The summed E-state index contributed by atoms with van der Waals surface area (Å²) in [6.45, 7) is 1.79. The number of pyridine rings is 1. The number of amides is 1. The zero-order valence-electron chi connectivity index (χ0n) is 14.9. The minimum absolute atomic E-state index is 0.0454. The highest BCUT2D eigenvalue weighted by molar-refractivity contribution is 5.94. The minimum atomic E-state index is -4.51. The van der Waals surface area contributed by atoms with Gasteiger partial charge in [-0.2, -0.15) is 13.2 Å². The molecule has 0 saturated carbocycles. The van der Waals surface area contributed by atoms with Crippen molar-refractivity contribution in [3.05, 3.63) is 59.4 Å². The summed E-state index contributed by atoms with van der Waals surface area (Å²) in [5, 5.41) is 2.55. The Kier molecular flexibility index (Phi) is 4.61. The predicted octanol–water partition coefficient (Wildman–Crippen LogP) is 4.26. The molecule has 0 radical (unpaired) electrons. The highest BCUT2D eigenvalue weighted by Crippen LogP contribution is 2.50. The third kappa shape index (κ3) is 3.37. The minimum Gasteiger partial charge on any atom is -0.370 e. The second kappa shape index (κ2) is 6.84. The molecular weight excluding hydrogens is 376 g/mol. The Bertz CT molecular complexity index is 902. The van der Waals surface area contributed by atoms with E-state index in [1.807, 2.05) is 0 Å². The SMILES string of the molecule is Cc1cc([C@H]2[C@H]3O[C@H](C[C@@H]3F)[C@@H]2C(=O)Nc2cccc(C(F)(F)F)c2)ccn1. The number of nitrogens with one attached hydrogen (secondary N) is 1. The maximum Gasteiger partial charge on any atom is 0.416 e. The first kappa shape index (κ1) is 18.9. The lowest BCUT2D eigenvalue weighted by atomic mass is 9.74. The highest BCUT2D eigenvalue weighted by Gasteiger charge is 2.57. The molecule has 1 aromatic heterocycles. The van der Waals surface area contributed by atoms with E-state index in [0.29, 0.717) is 0 Å². The Hall–Kier alpha value is -2.48. The van der Waals surface area contributed by atoms with Gasteiger partial charge in [-0.15, -0.1) is 0 Å². The smallest absolute Gasteiger partial charge is 0.370 e. The monoisotopic (exact) mass is 394 g/mol. The van der Waals surface area contributed by atoms with Gasteiger partial charge in [0, 0.05) is 29.9 Å². The molecule has 0 unspecified atom stereocenters. The van der Waals surface area contributed by atoms with Crippen LogP contribution in [0.3, 0.4) is 0 Å². The summed E-state index contributed by atoms with van der Waals surface area (Å²) in [4.78, 5) is 17.1. The summed E-state index contributed by atoms with van der Waals surface area (Å²) in [7, 11) is 0. The number of hydrogen-bond donors (Lipinski definition) is 1. The van der Waals surface area contributed by atoms with Gasteiger partial charge in [0.05, 0.1) is 23.7 Å². The standard InChI is InChI=1S/C20H18F4N2O2/c1-10-7-11(5-6-25-10)16-17(15-9-14(21)18(16)28-15)19(27)26-13-4-2-3-12(8-13)20(22,23)24/h2-8,14-18H,9H2,1H3,(H,26,27)/t14-,15+,16+,17-,18-/m0/s1. The molecule has 0 spiro atoms. The average molecular weight is 394 g/mol. The number of alkyl halides is 4. The van der Waals surface area contributed by atoms with Crippen molar-refractivity contribution in [3.63, 3.8) is 0 Å². The van der Waals surface area contributed by atoms with Crippen LogP contribution in [-0.2, 0) is 15.7 Å². The molecule has 148 valence electrons. The van der Waals surface area contributed by atoms with E-state index in [9.17, 15) is 22.4 Å². The summed E-state index contributed by atoms with van der Waals surface area (Å²) < 4.78 is 58.7. The van der Waals surface area contributed by atoms with Crippen LogP contribution in [0, 0.1) is 12.8 Å². The second-order valence-electron chi connectivity index (χ2n) is 7.24. The number of rotatable bonds is 3. The van der Waals surface area contributed by atoms with Gasteiger partial charge in [0.2, 0.25) is 5.91 Å². The van der Waals surface area contributed by atoms with Gasteiger partial charge in [0.1, 0.15) is 6.17 Å². The number of hydrogen-bond acceptors (Lipinski definition) is 3. The van der Waals surface area contributed by atoms with Crippen LogP contribution in [0.2, 0.25) is 0 Å². The molecule has 5 atom stereocenters. The number of carbonyl (C=O) groups excluding carboxylic acids is 1. The van der Waals surface area contributed by atoms with Crippen LogP contribution in [0.15, 0.2) is 42.6 Å². The first-order valence-electron chi connectivity index (χ1n) is 8.94. The number of halogens is 4. The molecule has 2 saturated heterocycles. The van der Waals surface area contributed by atoms with Crippen molar-refractivity contribution in [1.29, 1.82) is 0 Å². The van der Waals surface area contributed by atoms with Crippen molar-refractivity contribution in [2.45, 2.75) is 43.8 Å². The van der Waals surface area contributed by atoms with Crippen LogP contribution in [0.25, 0.3) is 0 Å². The summed E-state index contributed by atoms with van der Waals surface area (Å²) in [5.41, 5.74) is 0.669. The second-order valence-corrected chi connectivity index (χ2v) is 7.24. The lowest BCUT2D eigenvalue weighted by Crippen LogP contribution is -2.39. The lowest BCUT2D eigenvalue weighted by Gasteiger charge is -2.29. The van der Waals surface area contributed by atoms with Crippen molar-refractivity contribution < 1.29 is 27.1 Å². The van der Waals surface area contributed by atoms with E-state index < -0.39 is 47.9 Å². The van der Waals surface area contributed by atoms with Gasteiger partial charge in [0.25, 0.3) is 0 Å². The first-order chi connectivity index (χ1) is 13.2. The average Bonchev–Trinajstić information content (AvgIpc) is 3.18. The zero-order chi connectivity index (χ0) is 20.1. The third-order valence-electron chi connectivity index (χ3n) is 5.35. The van der Waals surface area contributed by atoms with E-state index in [2.05, 4.69) is 10.3 Å². The van der Waals surface area contributed by atoms with E-state index in [1.165, 1.54) is 12.1 Å². The van der Waals surface area contributed by atoms with Gasteiger partial charge >= 0.3 is 6.18 Å². The molecule has 0 aliphatic carbocycles. The summed E-state index contributed by atoms with van der Waals surface area (Å²) in [6.07, 6.45) is -5.35. The van der Waals surface area contributed by atoms with Crippen LogP contribution in [0.5, 0.6) is 0 Å². The largest absolute Gasteiger partial charge is 0.416 e. The number of fused-ring (bicyclic) bond motifs is 2. The molecule has 4 nitrogen and oxygen atoms in total. The van der Waals surface area contributed by atoms with E-state index in [1.54, 1.807) is 25.3 Å². The van der Waals surface area contributed by atoms with Crippen LogP contribution in [0.1, 0.15) is 29.2 Å². The molecule has 1 amide bonds. The molecule has 2 aromatic rings. The molecule has 1 N–H and O–H groups in total. The fraction of sp³-hybridized carbons (Fsp3) is 0.400. The predicted molar refractivity (Wildman–Crippen MR) is 93.5 cm³/mol. The molecule has 2 bridgehead atoms. The Balaban J connectivity index is 1.61. The van der Waals surface area contributed by atoms with Gasteiger partial charge in [0.15, 0.2) is 0 Å². The van der Waals surface area contributed by atoms with Gasteiger partial charge in [-0.05, 0) is 42.8 Å². The quantitative estimate of drug-likeness (QED) is 0.792. The van der Waals surface area contributed by atoms with Crippen molar-refractivity contribution >= 4 is 11.6 Å². The van der Waals surface area contributed by atoms with E-state index in [-0.39, 0.29) is 12.1 Å². The Morgan fingerprint density at radius 3 is 2.75 bits per heavy atom. The van der Waals surface area contributed by atoms with Crippen LogP contribution >= 0.6 is 0 Å². The molecule has 8 heteroatoms.